The van der Waals surface area contributed by atoms with E-state index in [2.05, 4.69) is 10.6 Å². The van der Waals surface area contributed by atoms with Crippen molar-refractivity contribution >= 4 is 30.4 Å². The Morgan fingerprint density at radius 2 is 2.00 bits per heavy atom. The highest BCUT2D eigenvalue weighted by Gasteiger charge is 2.16. The Bertz CT molecular complexity index is 346. The van der Waals surface area contributed by atoms with Gasteiger partial charge in [-0.05, 0) is 20.8 Å². The zero-order valence-corrected chi connectivity index (χ0v) is 13.4. The Morgan fingerprint density at radius 1 is 1.33 bits per heavy atom. The maximum absolute atomic E-state index is 11.4. The van der Waals surface area contributed by atoms with Crippen molar-refractivity contribution in [2.24, 2.45) is 0 Å². The van der Waals surface area contributed by atoms with Crippen LogP contribution in [0.1, 0.15) is 20.8 Å². The smallest absolute Gasteiger partial charge is 0.407 e. The third kappa shape index (κ3) is 13.3. The van der Waals surface area contributed by atoms with Crippen molar-refractivity contribution in [2.45, 2.75) is 26.4 Å². The molecule has 0 radical (unpaired) electrons. The van der Waals surface area contributed by atoms with Crippen molar-refractivity contribution in [1.29, 1.82) is 0 Å². The summed E-state index contributed by atoms with van der Waals surface area (Å²) in [7, 11) is 0. The van der Waals surface area contributed by atoms with Gasteiger partial charge in [0, 0.05) is 25.4 Å². The van der Waals surface area contributed by atoms with E-state index in [0.29, 0.717) is 31.8 Å². The standard InChI is InChI=1S/C12H23N3O5S/c1-12(2,3)20-11(19)14-5-7-21-15(8-10(17)18)6-4-13-9-16/h9H,4-8H2,1-3H3,(H,13,16)(H,14,19)(H,17,18). The van der Waals surface area contributed by atoms with Crippen LogP contribution in [0.5, 0.6) is 0 Å². The molecule has 0 aliphatic carbocycles. The number of ether oxygens (including phenoxy) is 1. The lowest BCUT2D eigenvalue weighted by atomic mass is 10.2. The normalized spacial score (nSPS) is 11.0. The fraction of sp³-hybridized carbons (Fsp3) is 0.750. The monoisotopic (exact) mass is 321 g/mol. The summed E-state index contributed by atoms with van der Waals surface area (Å²) in [6.45, 7) is 6.31. The lowest BCUT2D eigenvalue weighted by Gasteiger charge is -2.21. The predicted molar refractivity (Wildman–Crippen MR) is 80.0 cm³/mol. The van der Waals surface area contributed by atoms with Crippen LogP contribution in [0.3, 0.4) is 0 Å². The van der Waals surface area contributed by atoms with E-state index in [-0.39, 0.29) is 6.54 Å². The molecule has 0 aromatic heterocycles. The van der Waals surface area contributed by atoms with Crippen LogP contribution in [0.2, 0.25) is 0 Å². The highest BCUT2D eigenvalue weighted by molar-refractivity contribution is 7.97. The molecule has 122 valence electrons. The van der Waals surface area contributed by atoms with Gasteiger partial charge >= 0.3 is 12.1 Å². The Labute approximate surface area is 128 Å². The van der Waals surface area contributed by atoms with Crippen LogP contribution in [0.25, 0.3) is 0 Å². The number of amides is 2. The zero-order valence-electron chi connectivity index (χ0n) is 12.5. The van der Waals surface area contributed by atoms with Gasteiger partial charge in [-0.15, -0.1) is 0 Å². The average molecular weight is 321 g/mol. The molecule has 9 heteroatoms. The van der Waals surface area contributed by atoms with Gasteiger partial charge < -0.3 is 20.5 Å². The number of carbonyl (C=O) groups excluding carboxylic acids is 2. The first-order valence-electron chi connectivity index (χ1n) is 6.48. The molecule has 0 atom stereocenters. The number of carboxylic acids is 1. The summed E-state index contributed by atoms with van der Waals surface area (Å²) in [4.78, 5) is 32.2. The largest absolute Gasteiger partial charge is 0.480 e. The molecule has 0 aliphatic heterocycles. The van der Waals surface area contributed by atoms with E-state index in [0.717, 1.165) is 0 Å². The summed E-state index contributed by atoms with van der Waals surface area (Å²) in [5.74, 6) is -0.443. The van der Waals surface area contributed by atoms with Crippen molar-refractivity contribution in [3.05, 3.63) is 0 Å². The number of hydrogen-bond acceptors (Lipinski definition) is 6. The number of alkyl carbamates (subject to hydrolysis) is 1. The van der Waals surface area contributed by atoms with E-state index in [1.165, 1.54) is 11.9 Å². The number of hydrogen-bond donors (Lipinski definition) is 3. The quantitative estimate of drug-likeness (QED) is 0.301. The second kappa shape index (κ2) is 10.3. The van der Waals surface area contributed by atoms with Gasteiger partial charge in [-0.1, -0.05) is 11.9 Å². The lowest BCUT2D eigenvalue weighted by Crippen LogP contribution is -2.35. The van der Waals surface area contributed by atoms with Crippen molar-refractivity contribution < 1.29 is 24.2 Å². The number of rotatable bonds is 10. The molecular formula is C12H23N3O5S. The second-order valence-electron chi connectivity index (χ2n) is 5.09. The van der Waals surface area contributed by atoms with Gasteiger partial charge in [0.2, 0.25) is 6.41 Å². The van der Waals surface area contributed by atoms with Gasteiger partial charge in [0.05, 0.1) is 0 Å². The highest BCUT2D eigenvalue weighted by Crippen LogP contribution is 2.09. The summed E-state index contributed by atoms with van der Waals surface area (Å²) in [5.41, 5.74) is -0.549. The van der Waals surface area contributed by atoms with Gasteiger partial charge in [-0.3, -0.25) is 9.59 Å². The molecule has 0 unspecified atom stereocenters. The minimum atomic E-state index is -0.950. The molecule has 0 fully saturated rings. The summed E-state index contributed by atoms with van der Waals surface area (Å²) in [6, 6.07) is 0. The van der Waals surface area contributed by atoms with E-state index < -0.39 is 17.7 Å². The van der Waals surface area contributed by atoms with Crippen LogP contribution in [-0.4, -0.2) is 65.4 Å². The topological polar surface area (TPSA) is 108 Å². The predicted octanol–water partition coefficient (Wildman–Crippen LogP) is 0.292. The van der Waals surface area contributed by atoms with E-state index in [9.17, 15) is 14.4 Å². The Kier molecular flexibility index (Phi) is 9.55. The molecule has 0 aliphatic rings. The molecule has 0 aromatic carbocycles. The number of carbonyl (C=O) groups is 3. The fourth-order valence-corrected chi connectivity index (χ4v) is 2.10. The summed E-state index contributed by atoms with van der Waals surface area (Å²) < 4.78 is 6.68. The number of aliphatic carboxylic acids is 1. The van der Waals surface area contributed by atoms with Crippen molar-refractivity contribution in [2.75, 3.05) is 31.9 Å². The fourth-order valence-electron chi connectivity index (χ4n) is 1.23. The maximum Gasteiger partial charge on any atom is 0.407 e. The van der Waals surface area contributed by atoms with Crippen molar-refractivity contribution in [3.63, 3.8) is 0 Å². The average Bonchev–Trinajstić information content (AvgIpc) is 2.31. The van der Waals surface area contributed by atoms with Crippen molar-refractivity contribution in [1.82, 2.24) is 14.9 Å². The Hall–Kier alpha value is -1.48. The van der Waals surface area contributed by atoms with Gasteiger partial charge in [-0.25, -0.2) is 9.10 Å². The van der Waals surface area contributed by atoms with E-state index in [1.54, 1.807) is 25.1 Å². The molecule has 3 N–H and O–H groups in total. The first-order valence-corrected chi connectivity index (χ1v) is 7.42. The minimum Gasteiger partial charge on any atom is -0.480 e. The first-order chi connectivity index (χ1) is 9.74. The minimum absolute atomic E-state index is 0.141. The van der Waals surface area contributed by atoms with Gasteiger partial charge in [0.1, 0.15) is 12.1 Å². The first kappa shape index (κ1) is 19.5. The molecule has 0 saturated heterocycles. The maximum atomic E-state index is 11.4. The Morgan fingerprint density at radius 3 is 2.52 bits per heavy atom. The molecule has 0 spiro atoms. The number of carboxylic acid groups (broad SMARTS) is 1. The Balaban J connectivity index is 3.93. The molecule has 2 amide bonds. The van der Waals surface area contributed by atoms with Crippen molar-refractivity contribution in [3.8, 4) is 0 Å². The molecule has 0 heterocycles. The molecule has 21 heavy (non-hydrogen) atoms. The van der Waals surface area contributed by atoms with Crippen LogP contribution < -0.4 is 10.6 Å². The van der Waals surface area contributed by atoms with E-state index in [1.807, 2.05) is 0 Å². The van der Waals surface area contributed by atoms with Gasteiger partial charge in [0.15, 0.2) is 0 Å². The van der Waals surface area contributed by atoms with Crippen LogP contribution in [-0.2, 0) is 14.3 Å². The van der Waals surface area contributed by atoms with Crippen LogP contribution in [0.4, 0.5) is 4.79 Å². The van der Waals surface area contributed by atoms with Gasteiger partial charge in [-0.2, -0.15) is 0 Å². The molecule has 0 aromatic rings. The third-order valence-electron chi connectivity index (χ3n) is 1.94. The van der Waals surface area contributed by atoms with Crippen LogP contribution in [0.15, 0.2) is 0 Å². The molecule has 8 nitrogen and oxygen atoms in total. The van der Waals surface area contributed by atoms with E-state index in [4.69, 9.17) is 9.84 Å². The molecule has 0 bridgehead atoms. The summed E-state index contributed by atoms with van der Waals surface area (Å²) in [5, 5.41) is 13.8. The number of nitrogens with zero attached hydrogens (tertiary/aromatic N) is 1. The number of nitrogens with one attached hydrogen (secondary N) is 2. The lowest BCUT2D eigenvalue weighted by molar-refractivity contribution is -0.137. The van der Waals surface area contributed by atoms with Gasteiger partial charge in [0.25, 0.3) is 0 Å². The summed E-state index contributed by atoms with van der Waals surface area (Å²) >= 11 is 1.29. The summed E-state index contributed by atoms with van der Waals surface area (Å²) in [6.07, 6.45) is 0.0590. The van der Waals surface area contributed by atoms with Crippen LogP contribution >= 0.6 is 11.9 Å². The molecule has 0 rings (SSSR count). The second-order valence-corrected chi connectivity index (χ2v) is 6.27. The highest BCUT2D eigenvalue weighted by atomic mass is 32.2. The third-order valence-corrected chi connectivity index (χ3v) is 3.01. The molecular weight excluding hydrogens is 298 g/mol. The van der Waals surface area contributed by atoms with Crippen LogP contribution in [0, 0.1) is 0 Å². The van der Waals surface area contributed by atoms with E-state index >= 15 is 0 Å². The SMILES string of the molecule is CC(C)(C)OC(=O)NCCSN(CCNC=O)CC(=O)O. The zero-order chi connectivity index (χ0) is 16.3. The molecule has 0 saturated carbocycles.